The minimum absolute atomic E-state index is 0.0873. The molecule has 0 saturated heterocycles. The van der Waals surface area contributed by atoms with Crippen LogP contribution in [0.2, 0.25) is 5.02 Å². The number of aliphatic carboxylic acids is 1. The van der Waals surface area contributed by atoms with Gasteiger partial charge in [0.15, 0.2) is 5.13 Å². The van der Waals surface area contributed by atoms with E-state index in [1.807, 2.05) is 17.5 Å². The predicted molar refractivity (Wildman–Crippen MR) is 80.5 cm³/mol. The predicted octanol–water partition coefficient (Wildman–Crippen LogP) is 4.32. The maximum atomic E-state index is 10.5. The number of carboxylic acids is 1. The number of hydrogen-bond acceptors (Lipinski definition) is 4. The standard InChI is InChI=1S/C12H10BrClN2O2S/c13-11-8(14)2-1-3-9(11)16-12-15-7(6-19-12)4-5-10(17)18/h1-3,6H,4-5H2,(H,15,16)(H,17,18). The van der Waals surface area contributed by atoms with Gasteiger partial charge in [0.25, 0.3) is 0 Å². The van der Waals surface area contributed by atoms with Crippen LogP contribution in [0.15, 0.2) is 28.1 Å². The van der Waals surface area contributed by atoms with Gasteiger partial charge in [-0.1, -0.05) is 17.7 Å². The number of aromatic nitrogens is 1. The third-order valence-corrected chi connectivity index (χ3v) is 4.54. The Hall–Kier alpha value is -1.11. The van der Waals surface area contributed by atoms with Crippen molar-refractivity contribution in [3.8, 4) is 0 Å². The van der Waals surface area contributed by atoms with Gasteiger partial charge in [-0.05, 0) is 28.1 Å². The van der Waals surface area contributed by atoms with Crippen molar-refractivity contribution in [1.29, 1.82) is 0 Å². The van der Waals surface area contributed by atoms with Crippen LogP contribution in [0.1, 0.15) is 12.1 Å². The van der Waals surface area contributed by atoms with Crippen LogP contribution in [0.25, 0.3) is 0 Å². The lowest BCUT2D eigenvalue weighted by atomic mass is 10.2. The van der Waals surface area contributed by atoms with Crippen LogP contribution in [-0.2, 0) is 11.2 Å². The molecule has 1 aromatic heterocycles. The highest BCUT2D eigenvalue weighted by molar-refractivity contribution is 9.10. The quantitative estimate of drug-likeness (QED) is 0.832. The minimum atomic E-state index is -0.819. The fourth-order valence-electron chi connectivity index (χ4n) is 1.43. The van der Waals surface area contributed by atoms with Crippen molar-refractivity contribution in [2.45, 2.75) is 12.8 Å². The molecule has 0 spiro atoms. The minimum Gasteiger partial charge on any atom is -0.481 e. The second-order valence-corrected chi connectivity index (χ2v) is 5.82. The molecule has 0 aliphatic carbocycles. The summed E-state index contributed by atoms with van der Waals surface area (Å²) in [4.78, 5) is 14.8. The number of nitrogens with one attached hydrogen (secondary N) is 1. The molecule has 2 N–H and O–H groups in total. The highest BCUT2D eigenvalue weighted by Gasteiger charge is 2.08. The first-order chi connectivity index (χ1) is 9.06. The van der Waals surface area contributed by atoms with Crippen molar-refractivity contribution in [3.63, 3.8) is 0 Å². The number of benzene rings is 1. The average Bonchev–Trinajstić information content (AvgIpc) is 2.80. The highest BCUT2D eigenvalue weighted by Crippen LogP contribution is 2.32. The van der Waals surface area contributed by atoms with Crippen molar-refractivity contribution in [2.75, 3.05) is 5.32 Å². The number of carboxylic acid groups (broad SMARTS) is 1. The number of nitrogens with zero attached hydrogens (tertiary/aromatic N) is 1. The Kier molecular flexibility index (Phi) is 4.79. The summed E-state index contributed by atoms with van der Waals surface area (Å²) in [6.07, 6.45) is 0.522. The number of anilines is 2. The van der Waals surface area contributed by atoms with Crippen LogP contribution in [-0.4, -0.2) is 16.1 Å². The average molecular weight is 362 g/mol. The monoisotopic (exact) mass is 360 g/mol. The molecule has 0 radical (unpaired) electrons. The van der Waals surface area contributed by atoms with Crippen LogP contribution in [0, 0.1) is 0 Å². The molecule has 19 heavy (non-hydrogen) atoms. The van der Waals surface area contributed by atoms with Gasteiger partial charge < -0.3 is 10.4 Å². The Morgan fingerprint density at radius 3 is 3.05 bits per heavy atom. The van der Waals surface area contributed by atoms with E-state index in [9.17, 15) is 4.79 Å². The molecule has 0 aliphatic rings. The molecular weight excluding hydrogens is 352 g/mol. The number of halogens is 2. The smallest absolute Gasteiger partial charge is 0.303 e. The van der Waals surface area contributed by atoms with Gasteiger partial charge in [0.2, 0.25) is 0 Å². The van der Waals surface area contributed by atoms with Gasteiger partial charge in [0.05, 0.1) is 27.3 Å². The van der Waals surface area contributed by atoms with Crippen LogP contribution in [0.3, 0.4) is 0 Å². The molecule has 0 saturated carbocycles. The van der Waals surface area contributed by atoms with E-state index in [2.05, 4.69) is 26.2 Å². The molecule has 0 aliphatic heterocycles. The van der Waals surface area contributed by atoms with Crippen LogP contribution < -0.4 is 5.32 Å². The highest BCUT2D eigenvalue weighted by atomic mass is 79.9. The first-order valence-electron chi connectivity index (χ1n) is 5.43. The van der Waals surface area contributed by atoms with Gasteiger partial charge in [-0.2, -0.15) is 0 Å². The molecule has 0 unspecified atom stereocenters. The maximum Gasteiger partial charge on any atom is 0.303 e. The number of carbonyl (C=O) groups is 1. The van der Waals surface area contributed by atoms with E-state index in [1.54, 1.807) is 6.07 Å². The van der Waals surface area contributed by atoms with Crippen molar-refractivity contribution in [3.05, 3.63) is 38.8 Å². The molecule has 0 fully saturated rings. The second-order valence-electron chi connectivity index (χ2n) is 3.76. The molecule has 7 heteroatoms. The third kappa shape index (κ3) is 3.92. The van der Waals surface area contributed by atoms with Crippen molar-refractivity contribution in [2.24, 2.45) is 0 Å². The molecule has 2 rings (SSSR count). The number of rotatable bonds is 5. The fraction of sp³-hybridized carbons (Fsp3) is 0.167. The summed E-state index contributed by atoms with van der Waals surface area (Å²) >= 11 is 10.8. The second kappa shape index (κ2) is 6.36. The van der Waals surface area contributed by atoms with Crippen molar-refractivity contribution in [1.82, 2.24) is 4.98 Å². The topological polar surface area (TPSA) is 62.2 Å². The van der Waals surface area contributed by atoms with E-state index >= 15 is 0 Å². The molecule has 100 valence electrons. The van der Waals surface area contributed by atoms with Gasteiger partial charge in [-0.25, -0.2) is 4.98 Å². The Labute approximate surface area is 127 Å². The summed E-state index contributed by atoms with van der Waals surface area (Å²) in [6.45, 7) is 0. The van der Waals surface area contributed by atoms with Gasteiger partial charge in [0.1, 0.15) is 0 Å². The van der Waals surface area contributed by atoms with Crippen molar-refractivity contribution >= 4 is 55.7 Å². The van der Waals surface area contributed by atoms with Crippen molar-refractivity contribution < 1.29 is 9.90 Å². The summed E-state index contributed by atoms with van der Waals surface area (Å²) in [6, 6.07) is 5.51. The zero-order valence-corrected chi connectivity index (χ0v) is 12.8. The first kappa shape index (κ1) is 14.3. The van der Waals surface area contributed by atoms with Crippen LogP contribution in [0.5, 0.6) is 0 Å². The summed E-state index contributed by atoms with van der Waals surface area (Å²) in [5, 5.41) is 15.0. The number of thiazole rings is 1. The lowest BCUT2D eigenvalue weighted by molar-refractivity contribution is -0.136. The van der Waals surface area contributed by atoms with Crippen LogP contribution >= 0.6 is 38.9 Å². The van der Waals surface area contributed by atoms with E-state index in [4.69, 9.17) is 16.7 Å². The van der Waals surface area contributed by atoms with E-state index in [0.717, 1.165) is 15.9 Å². The summed E-state index contributed by atoms with van der Waals surface area (Å²) < 4.78 is 0.777. The molecule has 4 nitrogen and oxygen atoms in total. The third-order valence-electron chi connectivity index (χ3n) is 2.34. The first-order valence-corrected chi connectivity index (χ1v) is 7.48. The summed E-state index contributed by atoms with van der Waals surface area (Å²) in [7, 11) is 0. The Balaban J connectivity index is 2.07. The maximum absolute atomic E-state index is 10.5. The number of aryl methyl sites for hydroxylation is 1. The normalized spacial score (nSPS) is 10.4. The lowest BCUT2D eigenvalue weighted by Gasteiger charge is -2.06. The molecule has 1 aromatic carbocycles. The zero-order valence-electron chi connectivity index (χ0n) is 9.69. The Bertz CT molecular complexity index is 603. The van der Waals surface area contributed by atoms with Gasteiger partial charge in [-0.15, -0.1) is 11.3 Å². The Morgan fingerprint density at radius 1 is 1.53 bits per heavy atom. The summed E-state index contributed by atoms with van der Waals surface area (Å²) in [5.41, 5.74) is 1.60. The van der Waals surface area contributed by atoms with Crippen LogP contribution in [0.4, 0.5) is 10.8 Å². The van der Waals surface area contributed by atoms with Gasteiger partial charge >= 0.3 is 5.97 Å². The molecule has 2 aromatic rings. The molecule has 0 amide bonds. The van der Waals surface area contributed by atoms with Gasteiger partial charge in [-0.3, -0.25) is 4.79 Å². The van der Waals surface area contributed by atoms with Gasteiger partial charge in [0, 0.05) is 11.8 Å². The summed E-state index contributed by atoms with van der Waals surface area (Å²) in [5.74, 6) is -0.819. The number of hydrogen-bond donors (Lipinski definition) is 2. The SMILES string of the molecule is O=C(O)CCc1csc(Nc2cccc(Cl)c2Br)n1. The van der Waals surface area contributed by atoms with E-state index in [-0.39, 0.29) is 6.42 Å². The fourth-order valence-corrected chi connectivity index (χ4v) is 2.72. The molecule has 0 atom stereocenters. The largest absolute Gasteiger partial charge is 0.481 e. The molecule has 0 bridgehead atoms. The Morgan fingerprint density at radius 2 is 2.32 bits per heavy atom. The van der Waals surface area contributed by atoms with E-state index in [0.29, 0.717) is 16.6 Å². The van der Waals surface area contributed by atoms with E-state index < -0.39 is 5.97 Å². The lowest BCUT2D eigenvalue weighted by Crippen LogP contribution is -1.98. The molecular formula is C12H10BrClN2O2S. The molecule has 1 heterocycles. The van der Waals surface area contributed by atoms with E-state index in [1.165, 1.54) is 11.3 Å². The zero-order chi connectivity index (χ0) is 13.8.